The van der Waals surface area contributed by atoms with E-state index < -0.39 is 0 Å². The average Bonchev–Trinajstić information content (AvgIpc) is 2.41. The fourth-order valence-corrected chi connectivity index (χ4v) is 3.30. The van der Waals surface area contributed by atoms with E-state index in [0.29, 0.717) is 6.04 Å². The molecule has 0 bridgehead atoms. The Kier molecular flexibility index (Phi) is 5.98. The summed E-state index contributed by atoms with van der Waals surface area (Å²) < 4.78 is 0. The first-order valence-corrected chi connectivity index (χ1v) is 7.84. The molecule has 1 saturated carbocycles. The number of hydrogen-bond acceptors (Lipinski definition) is 2. The molecule has 18 heavy (non-hydrogen) atoms. The summed E-state index contributed by atoms with van der Waals surface area (Å²) in [5.74, 6) is 1.17. The molecule has 3 nitrogen and oxygen atoms in total. The van der Waals surface area contributed by atoms with Crippen LogP contribution in [0.15, 0.2) is 0 Å². The van der Waals surface area contributed by atoms with Crippen LogP contribution in [-0.4, -0.2) is 25.0 Å². The molecule has 0 aromatic heterocycles. The van der Waals surface area contributed by atoms with Crippen molar-refractivity contribution < 1.29 is 4.79 Å². The summed E-state index contributed by atoms with van der Waals surface area (Å²) in [5, 5.41) is 6.49. The van der Waals surface area contributed by atoms with Crippen LogP contribution in [0.1, 0.15) is 64.2 Å². The highest BCUT2D eigenvalue weighted by Gasteiger charge is 2.16. The van der Waals surface area contributed by atoms with Gasteiger partial charge in [-0.05, 0) is 38.1 Å². The van der Waals surface area contributed by atoms with E-state index >= 15 is 0 Å². The highest BCUT2D eigenvalue weighted by Crippen LogP contribution is 2.27. The Hall–Kier alpha value is -0.570. The van der Waals surface area contributed by atoms with E-state index in [-0.39, 0.29) is 5.91 Å². The molecule has 1 aliphatic carbocycles. The molecule has 3 heteroatoms. The second kappa shape index (κ2) is 7.78. The maximum absolute atomic E-state index is 11.8. The molecule has 0 aromatic rings. The Labute approximate surface area is 111 Å². The third-order valence-corrected chi connectivity index (χ3v) is 4.40. The first-order valence-electron chi connectivity index (χ1n) is 7.84. The molecule has 2 aliphatic rings. The summed E-state index contributed by atoms with van der Waals surface area (Å²) in [4.78, 5) is 11.8. The third-order valence-electron chi connectivity index (χ3n) is 4.40. The number of carbonyl (C=O) groups is 1. The molecule has 2 fully saturated rings. The van der Waals surface area contributed by atoms with Crippen molar-refractivity contribution in [2.24, 2.45) is 5.92 Å². The van der Waals surface area contributed by atoms with Crippen molar-refractivity contribution in [2.45, 2.75) is 70.3 Å². The molecule has 1 saturated heterocycles. The standard InChI is InChI=1S/C15H28N2O/c18-15(17-14-9-5-11-16-12-14)10-4-8-13-6-2-1-3-7-13/h13-14,16H,1-12H2,(H,17,18). The number of hydrogen-bond donors (Lipinski definition) is 2. The Bertz CT molecular complexity index is 243. The van der Waals surface area contributed by atoms with Crippen LogP contribution in [0.5, 0.6) is 0 Å². The lowest BCUT2D eigenvalue weighted by Gasteiger charge is -2.24. The molecule has 2 rings (SSSR count). The van der Waals surface area contributed by atoms with Crippen LogP contribution >= 0.6 is 0 Å². The lowest BCUT2D eigenvalue weighted by atomic mass is 9.86. The largest absolute Gasteiger partial charge is 0.352 e. The minimum atomic E-state index is 0.263. The predicted molar refractivity (Wildman–Crippen MR) is 74.5 cm³/mol. The van der Waals surface area contributed by atoms with Gasteiger partial charge in [0, 0.05) is 19.0 Å². The summed E-state index contributed by atoms with van der Waals surface area (Å²) in [5.41, 5.74) is 0. The molecule has 1 amide bonds. The van der Waals surface area contributed by atoms with E-state index in [2.05, 4.69) is 10.6 Å². The van der Waals surface area contributed by atoms with Crippen molar-refractivity contribution >= 4 is 5.91 Å². The molecular weight excluding hydrogens is 224 g/mol. The molecule has 2 N–H and O–H groups in total. The zero-order valence-corrected chi connectivity index (χ0v) is 11.5. The predicted octanol–water partition coefficient (Wildman–Crippen LogP) is 2.61. The molecule has 0 aromatic carbocycles. The van der Waals surface area contributed by atoms with Gasteiger partial charge in [0.2, 0.25) is 5.91 Å². The Morgan fingerprint density at radius 3 is 2.67 bits per heavy atom. The zero-order valence-electron chi connectivity index (χ0n) is 11.5. The van der Waals surface area contributed by atoms with Crippen LogP contribution in [0, 0.1) is 5.92 Å². The number of piperidine rings is 1. The Morgan fingerprint density at radius 2 is 1.94 bits per heavy atom. The SMILES string of the molecule is O=C(CCCC1CCCCC1)NC1CCCNC1. The summed E-state index contributed by atoms with van der Waals surface area (Å²) in [6.07, 6.45) is 12.4. The van der Waals surface area contributed by atoms with Crippen LogP contribution in [0.4, 0.5) is 0 Å². The van der Waals surface area contributed by atoms with Crippen molar-refractivity contribution in [1.82, 2.24) is 10.6 Å². The normalized spacial score (nSPS) is 25.9. The van der Waals surface area contributed by atoms with E-state index in [1.807, 2.05) is 0 Å². The van der Waals surface area contributed by atoms with Gasteiger partial charge in [-0.1, -0.05) is 32.1 Å². The fraction of sp³-hybridized carbons (Fsp3) is 0.933. The van der Waals surface area contributed by atoms with Gasteiger partial charge in [0.25, 0.3) is 0 Å². The third kappa shape index (κ3) is 4.97. The highest BCUT2D eigenvalue weighted by atomic mass is 16.1. The van der Waals surface area contributed by atoms with E-state index in [9.17, 15) is 4.79 Å². The second-order valence-electron chi connectivity index (χ2n) is 6.01. The van der Waals surface area contributed by atoms with Crippen LogP contribution in [0.3, 0.4) is 0 Å². The summed E-state index contributed by atoms with van der Waals surface area (Å²) in [7, 11) is 0. The average molecular weight is 252 g/mol. The van der Waals surface area contributed by atoms with Crippen molar-refractivity contribution in [2.75, 3.05) is 13.1 Å². The molecule has 0 spiro atoms. The van der Waals surface area contributed by atoms with E-state index in [1.54, 1.807) is 0 Å². The van der Waals surface area contributed by atoms with Crippen LogP contribution in [-0.2, 0) is 4.79 Å². The lowest BCUT2D eigenvalue weighted by Crippen LogP contribution is -2.45. The minimum absolute atomic E-state index is 0.263. The fourth-order valence-electron chi connectivity index (χ4n) is 3.30. The van der Waals surface area contributed by atoms with Crippen molar-refractivity contribution in [1.29, 1.82) is 0 Å². The minimum Gasteiger partial charge on any atom is -0.352 e. The van der Waals surface area contributed by atoms with E-state index in [1.165, 1.54) is 44.9 Å². The van der Waals surface area contributed by atoms with Gasteiger partial charge in [0.1, 0.15) is 0 Å². The van der Waals surface area contributed by atoms with Gasteiger partial charge in [-0.3, -0.25) is 4.79 Å². The van der Waals surface area contributed by atoms with Gasteiger partial charge in [-0.2, -0.15) is 0 Å². The lowest BCUT2D eigenvalue weighted by molar-refractivity contribution is -0.122. The Morgan fingerprint density at radius 1 is 1.11 bits per heavy atom. The molecule has 1 atom stereocenters. The first-order chi connectivity index (χ1) is 8.84. The van der Waals surface area contributed by atoms with E-state index in [4.69, 9.17) is 0 Å². The monoisotopic (exact) mass is 252 g/mol. The number of amides is 1. The second-order valence-corrected chi connectivity index (χ2v) is 6.01. The van der Waals surface area contributed by atoms with Gasteiger partial charge >= 0.3 is 0 Å². The van der Waals surface area contributed by atoms with Crippen molar-refractivity contribution in [3.05, 3.63) is 0 Å². The number of rotatable bonds is 5. The maximum atomic E-state index is 11.8. The van der Waals surface area contributed by atoms with Gasteiger partial charge < -0.3 is 10.6 Å². The number of carbonyl (C=O) groups excluding carboxylic acids is 1. The quantitative estimate of drug-likeness (QED) is 0.789. The van der Waals surface area contributed by atoms with Crippen molar-refractivity contribution in [3.63, 3.8) is 0 Å². The topological polar surface area (TPSA) is 41.1 Å². The molecule has 1 unspecified atom stereocenters. The van der Waals surface area contributed by atoms with Crippen LogP contribution in [0.2, 0.25) is 0 Å². The van der Waals surface area contributed by atoms with Gasteiger partial charge in [-0.15, -0.1) is 0 Å². The first kappa shape index (κ1) is 13.9. The smallest absolute Gasteiger partial charge is 0.220 e. The molecule has 1 heterocycles. The van der Waals surface area contributed by atoms with Crippen LogP contribution < -0.4 is 10.6 Å². The molecule has 1 aliphatic heterocycles. The zero-order chi connectivity index (χ0) is 12.6. The summed E-state index contributed by atoms with van der Waals surface area (Å²) >= 11 is 0. The van der Waals surface area contributed by atoms with Crippen molar-refractivity contribution in [3.8, 4) is 0 Å². The van der Waals surface area contributed by atoms with Gasteiger partial charge in [0.05, 0.1) is 0 Å². The number of nitrogens with one attached hydrogen (secondary N) is 2. The van der Waals surface area contributed by atoms with E-state index in [0.717, 1.165) is 38.3 Å². The molecule has 0 radical (unpaired) electrons. The maximum Gasteiger partial charge on any atom is 0.220 e. The highest BCUT2D eigenvalue weighted by molar-refractivity contribution is 5.76. The summed E-state index contributed by atoms with van der Waals surface area (Å²) in [6.45, 7) is 2.06. The Balaban J connectivity index is 1.53. The van der Waals surface area contributed by atoms with Gasteiger partial charge in [-0.25, -0.2) is 0 Å². The molecular formula is C15H28N2O. The summed E-state index contributed by atoms with van der Waals surface area (Å²) in [6, 6.07) is 0.376. The molecule has 104 valence electrons. The van der Waals surface area contributed by atoms with Gasteiger partial charge in [0.15, 0.2) is 0 Å². The van der Waals surface area contributed by atoms with Crippen LogP contribution in [0.25, 0.3) is 0 Å².